The highest BCUT2D eigenvalue weighted by Gasteiger charge is 2.17. The van der Waals surface area contributed by atoms with Crippen molar-refractivity contribution in [3.63, 3.8) is 0 Å². The maximum atomic E-state index is 5.89. The topological polar surface area (TPSA) is 83.8 Å². The van der Waals surface area contributed by atoms with E-state index in [4.69, 9.17) is 18.9 Å². The van der Waals surface area contributed by atoms with Crippen LogP contribution in [0.3, 0.4) is 0 Å². The maximum Gasteiger partial charge on any atom is 0.163 e. The van der Waals surface area contributed by atoms with E-state index < -0.39 is 0 Å². The molecule has 3 heterocycles. The minimum Gasteiger partial charge on any atom is -0.493 e. The molecule has 32 heavy (non-hydrogen) atoms. The summed E-state index contributed by atoms with van der Waals surface area (Å²) in [5, 5.41) is 15.1. The SMILES string of the molecule is COCCOc1cc2c(-n3ncc4ccc(N5CCOCC5)cc43)cnnc2cc1OC. The fraction of sp³-hybridized carbons (Fsp3) is 0.348. The van der Waals surface area contributed by atoms with Crippen LogP contribution in [-0.4, -0.2) is 73.7 Å². The molecule has 1 aliphatic rings. The Morgan fingerprint density at radius 1 is 1.00 bits per heavy atom. The van der Waals surface area contributed by atoms with Crippen molar-refractivity contribution in [3.05, 3.63) is 42.7 Å². The van der Waals surface area contributed by atoms with E-state index in [9.17, 15) is 0 Å². The normalized spacial score (nSPS) is 14.2. The number of anilines is 1. The zero-order valence-electron chi connectivity index (χ0n) is 18.2. The van der Waals surface area contributed by atoms with Gasteiger partial charge in [0.05, 0.1) is 56.0 Å². The number of hydrogen-bond donors (Lipinski definition) is 0. The van der Waals surface area contributed by atoms with Gasteiger partial charge in [-0.1, -0.05) is 0 Å². The average Bonchev–Trinajstić information content (AvgIpc) is 3.27. The summed E-state index contributed by atoms with van der Waals surface area (Å²) in [5.74, 6) is 1.22. The summed E-state index contributed by atoms with van der Waals surface area (Å²) in [6, 6.07) is 10.2. The molecule has 166 valence electrons. The van der Waals surface area contributed by atoms with Crippen LogP contribution in [0.25, 0.3) is 27.5 Å². The van der Waals surface area contributed by atoms with Gasteiger partial charge >= 0.3 is 0 Å². The van der Waals surface area contributed by atoms with Gasteiger partial charge in [-0.05, 0) is 24.3 Å². The van der Waals surface area contributed by atoms with Gasteiger partial charge in [-0.15, -0.1) is 0 Å². The van der Waals surface area contributed by atoms with Crippen molar-refractivity contribution in [1.29, 1.82) is 0 Å². The molecule has 1 fully saturated rings. The second kappa shape index (κ2) is 8.97. The predicted molar refractivity (Wildman–Crippen MR) is 121 cm³/mol. The monoisotopic (exact) mass is 435 g/mol. The maximum absolute atomic E-state index is 5.89. The summed E-state index contributed by atoms with van der Waals surface area (Å²) in [5.41, 5.74) is 3.68. The smallest absolute Gasteiger partial charge is 0.163 e. The van der Waals surface area contributed by atoms with Crippen molar-refractivity contribution in [1.82, 2.24) is 20.0 Å². The average molecular weight is 435 g/mol. The quantitative estimate of drug-likeness (QED) is 0.410. The van der Waals surface area contributed by atoms with Crippen molar-refractivity contribution < 1.29 is 18.9 Å². The Morgan fingerprint density at radius 2 is 1.88 bits per heavy atom. The Morgan fingerprint density at radius 3 is 2.69 bits per heavy atom. The third kappa shape index (κ3) is 3.80. The number of methoxy groups -OCH3 is 2. The Kier molecular flexibility index (Phi) is 5.74. The summed E-state index contributed by atoms with van der Waals surface area (Å²) in [6.45, 7) is 4.13. The minimum atomic E-state index is 0.416. The standard InChI is InChI=1S/C23H25N5O4/c1-29-9-10-32-23-12-18-19(13-22(23)30-2)26-24-15-21(18)28-20-11-17(4-3-16(20)14-25-28)27-5-7-31-8-6-27/h3-4,11-15H,5-10H2,1-2H3. The Hall–Kier alpha value is -3.43. The van der Waals surface area contributed by atoms with Gasteiger partial charge in [0.25, 0.3) is 0 Å². The number of nitrogens with zero attached hydrogens (tertiary/aromatic N) is 5. The first kappa shape index (κ1) is 20.5. The van der Waals surface area contributed by atoms with Crippen LogP contribution >= 0.6 is 0 Å². The van der Waals surface area contributed by atoms with Crippen LogP contribution in [0, 0.1) is 0 Å². The lowest BCUT2D eigenvalue weighted by Crippen LogP contribution is -2.36. The highest BCUT2D eigenvalue weighted by molar-refractivity contribution is 5.92. The summed E-state index contributed by atoms with van der Waals surface area (Å²) in [7, 11) is 3.25. The summed E-state index contributed by atoms with van der Waals surface area (Å²) in [6.07, 6.45) is 3.59. The van der Waals surface area contributed by atoms with E-state index in [1.54, 1.807) is 20.4 Å². The zero-order valence-corrected chi connectivity index (χ0v) is 18.2. The summed E-state index contributed by atoms with van der Waals surface area (Å²) in [4.78, 5) is 2.33. The van der Waals surface area contributed by atoms with Gasteiger partial charge in [0, 0.05) is 42.7 Å². The molecule has 0 N–H and O–H groups in total. The van der Waals surface area contributed by atoms with E-state index in [2.05, 4.69) is 38.4 Å². The number of rotatable bonds is 7. The molecule has 0 unspecified atom stereocenters. The Labute approximate surface area is 185 Å². The van der Waals surface area contributed by atoms with Crippen molar-refractivity contribution in [3.8, 4) is 17.2 Å². The van der Waals surface area contributed by atoms with E-state index in [1.165, 1.54) is 0 Å². The molecule has 2 aromatic heterocycles. The second-order valence-electron chi connectivity index (χ2n) is 7.49. The highest BCUT2D eigenvalue weighted by Crippen LogP contribution is 2.35. The van der Waals surface area contributed by atoms with Crippen LogP contribution in [0.15, 0.2) is 42.7 Å². The lowest BCUT2D eigenvalue weighted by Gasteiger charge is -2.28. The molecule has 0 atom stereocenters. The van der Waals surface area contributed by atoms with E-state index in [1.807, 2.05) is 23.0 Å². The van der Waals surface area contributed by atoms with Gasteiger partial charge in [0.2, 0.25) is 0 Å². The van der Waals surface area contributed by atoms with Crippen LogP contribution in [0.2, 0.25) is 0 Å². The van der Waals surface area contributed by atoms with Crippen molar-refractivity contribution >= 4 is 27.5 Å². The summed E-state index contributed by atoms with van der Waals surface area (Å²) < 4.78 is 23.9. The molecule has 9 nitrogen and oxygen atoms in total. The lowest BCUT2D eigenvalue weighted by molar-refractivity contribution is 0.122. The fourth-order valence-electron chi connectivity index (χ4n) is 3.95. The van der Waals surface area contributed by atoms with Gasteiger partial charge in [-0.2, -0.15) is 15.3 Å². The first-order valence-electron chi connectivity index (χ1n) is 10.5. The van der Waals surface area contributed by atoms with E-state index in [0.717, 1.165) is 54.0 Å². The number of benzene rings is 2. The lowest BCUT2D eigenvalue weighted by atomic mass is 10.1. The van der Waals surface area contributed by atoms with Crippen molar-refractivity contribution in [2.24, 2.45) is 0 Å². The number of fused-ring (bicyclic) bond motifs is 2. The molecular weight excluding hydrogens is 410 g/mol. The van der Waals surface area contributed by atoms with Gasteiger partial charge in [-0.3, -0.25) is 0 Å². The van der Waals surface area contributed by atoms with Gasteiger partial charge in [0.1, 0.15) is 6.61 Å². The molecule has 2 aromatic carbocycles. The van der Waals surface area contributed by atoms with Crippen molar-refractivity contribution in [2.75, 3.05) is 58.6 Å². The van der Waals surface area contributed by atoms with Crippen LogP contribution in [-0.2, 0) is 9.47 Å². The van der Waals surface area contributed by atoms with E-state index >= 15 is 0 Å². The van der Waals surface area contributed by atoms with Gasteiger partial charge < -0.3 is 23.8 Å². The number of hydrogen-bond acceptors (Lipinski definition) is 8. The second-order valence-corrected chi connectivity index (χ2v) is 7.49. The number of aromatic nitrogens is 4. The first-order chi connectivity index (χ1) is 15.8. The molecule has 4 aromatic rings. The molecule has 1 aliphatic heterocycles. The first-order valence-corrected chi connectivity index (χ1v) is 10.5. The molecule has 1 saturated heterocycles. The van der Waals surface area contributed by atoms with E-state index in [-0.39, 0.29) is 0 Å². The molecule has 0 aliphatic carbocycles. The van der Waals surface area contributed by atoms with Crippen LogP contribution < -0.4 is 14.4 Å². The third-order valence-corrected chi connectivity index (χ3v) is 5.61. The molecule has 5 rings (SSSR count). The minimum absolute atomic E-state index is 0.416. The van der Waals surface area contributed by atoms with E-state index in [0.29, 0.717) is 30.2 Å². The molecule has 0 radical (unpaired) electrons. The molecule has 0 amide bonds. The van der Waals surface area contributed by atoms with Crippen LogP contribution in [0.4, 0.5) is 5.69 Å². The largest absolute Gasteiger partial charge is 0.493 e. The van der Waals surface area contributed by atoms with Crippen LogP contribution in [0.5, 0.6) is 11.5 Å². The molecular formula is C23H25N5O4. The Balaban J connectivity index is 1.61. The van der Waals surface area contributed by atoms with Gasteiger partial charge in [-0.25, -0.2) is 4.68 Å². The molecule has 0 bridgehead atoms. The zero-order chi connectivity index (χ0) is 21.9. The summed E-state index contributed by atoms with van der Waals surface area (Å²) >= 11 is 0. The number of ether oxygens (including phenoxy) is 4. The third-order valence-electron chi connectivity index (χ3n) is 5.61. The van der Waals surface area contributed by atoms with Crippen LogP contribution in [0.1, 0.15) is 0 Å². The Bertz CT molecular complexity index is 1240. The molecule has 0 spiro atoms. The van der Waals surface area contributed by atoms with Gasteiger partial charge in [0.15, 0.2) is 11.5 Å². The highest BCUT2D eigenvalue weighted by atomic mass is 16.5. The molecule has 9 heteroatoms. The number of morpholine rings is 1. The van der Waals surface area contributed by atoms with Crippen molar-refractivity contribution in [2.45, 2.75) is 0 Å². The fourth-order valence-corrected chi connectivity index (χ4v) is 3.95. The molecule has 0 saturated carbocycles. The predicted octanol–water partition coefficient (Wildman–Crippen LogP) is 2.84.